The summed E-state index contributed by atoms with van der Waals surface area (Å²) in [5, 5.41) is 7.09. The fraction of sp³-hybridized carbons (Fsp3) is 0.300. The van der Waals surface area contributed by atoms with Crippen molar-refractivity contribution in [1.29, 1.82) is 0 Å². The molecule has 0 saturated carbocycles. The minimum atomic E-state index is -4.42. The summed E-state index contributed by atoms with van der Waals surface area (Å²) in [6.45, 7) is 3.57. The summed E-state index contributed by atoms with van der Waals surface area (Å²) in [4.78, 5) is 12.2. The van der Waals surface area contributed by atoms with Gasteiger partial charge in [0.05, 0.1) is 29.8 Å². The lowest BCUT2D eigenvalue weighted by Crippen LogP contribution is -2.27. The topological polar surface area (TPSA) is 60.1 Å². The molecular weight excluding hydrogens is 371 g/mol. The Bertz CT molecular complexity index is 946. The lowest BCUT2D eigenvalue weighted by molar-refractivity contribution is -0.137. The van der Waals surface area contributed by atoms with Gasteiger partial charge in [-0.05, 0) is 44.2 Å². The Kier molecular flexibility index (Phi) is 5.58. The number of hydrogen-bond donors (Lipinski definition) is 1. The Labute approximate surface area is 160 Å². The summed E-state index contributed by atoms with van der Waals surface area (Å²) >= 11 is 0. The normalized spacial score (nSPS) is 12.8. The van der Waals surface area contributed by atoms with Crippen LogP contribution in [0, 0.1) is 6.92 Å². The average Bonchev–Trinajstić information content (AvgIpc) is 3.29. The van der Waals surface area contributed by atoms with E-state index in [0.29, 0.717) is 17.8 Å². The van der Waals surface area contributed by atoms with Crippen LogP contribution in [0.5, 0.6) is 0 Å². The van der Waals surface area contributed by atoms with E-state index in [0.717, 1.165) is 23.5 Å². The van der Waals surface area contributed by atoms with Gasteiger partial charge in [0.15, 0.2) is 0 Å². The Morgan fingerprint density at radius 2 is 2.07 bits per heavy atom. The average molecular weight is 391 g/mol. The molecule has 148 valence electrons. The van der Waals surface area contributed by atoms with Gasteiger partial charge < -0.3 is 9.73 Å². The highest BCUT2D eigenvalue weighted by Crippen LogP contribution is 2.31. The molecule has 28 heavy (non-hydrogen) atoms. The predicted octanol–water partition coefficient (Wildman–Crippen LogP) is 4.60. The first-order valence-electron chi connectivity index (χ1n) is 8.79. The van der Waals surface area contributed by atoms with Crippen LogP contribution >= 0.6 is 0 Å². The van der Waals surface area contributed by atoms with Gasteiger partial charge in [-0.1, -0.05) is 6.07 Å². The van der Waals surface area contributed by atoms with Gasteiger partial charge in [-0.15, -0.1) is 0 Å². The van der Waals surface area contributed by atoms with Crippen molar-refractivity contribution in [2.75, 3.05) is 0 Å². The maximum absolute atomic E-state index is 13.0. The minimum absolute atomic E-state index is 0.143. The van der Waals surface area contributed by atoms with Crippen LogP contribution in [-0.2, 0) is 17.4 Å². The van der Waals surface area contributed by atoms with E-state index in [1.54, 1.807) is 37.6 Å². The number of furan rings is 1. The largest absolute Gasteiger partial charge is 0.469 e. The van der Waals surface area contributed by atoms with Gasteiger partial charge in [-0.3, -0.25) is 4.79 Å². The zero-order valence-electron chi connectivity index (χ0n) is 15.5. The SMILES string of the molecule is Cc1c(C(C)NC(=O)CCc2ccco2)cnn1-c1cccc(C(F)(F)F)c1. The number of rotatable bonds is 6. The predicted molar refractivity (Wildman–Crippen MR) is 96.9 cm³/mol. The van der Waals surface area contributed by atoms with Crippen LogP contribution in [0.25, 0.3) is 5.69 Å². The highest BCUT2D eigenvalue weighted by molar-refractivity contribution is 5.76. The molecule has 1 aromatic carbocycles. The number of alkyl halides is 3. The molecule has 0 saturated heterocycles. The Morgan fingerprint density at radius 3 is 2.75 bits per heavy atom. The van der Waals surface area contributed by atoms with E-state index in [9.17, 15) is 18.0 Å². The molecule has 0 bridgehead atoms. The van der Waals surface area contributed by atoms with E-state index < -0.39 is 11.7 Å². The van der Waals surface area contributed by atoms with Gasteiger partial charge in [0.2, 0.25) is 5.91 Å². The van der Waals surface area contributed by atoms with Crippen LogP contribution in [0.15, 0.2) is 53.3 Å². The van der Waals surface area contributed by atoms with Gasteiger partial charge in [-0.25, -0.2) is 4.68 Å². The first-order chi connectivity index (χ1) is 13.3. The van der Waals surface area contributed by atoms with Crippen molar-refractivity contribution in [2.24, 2.45) is 0 Å². The molecule has 0 aliphatic carbocycles. The van der Waals surface area contributed by atoms with E-state index in [1.807, 2.05) is 6.92 Å². The van der Waals surface area contributed by atoms with Crippen LogP contribution in [0.3, 0.4) is 0 Å². The highest BCUT2D eigenvalue weighted by Gasteiger charge is 2.30. The van der Waals surface area contributed by atoms with Gasteiger partial charge in [0.1, 0.15) is 5.76 Å². The lowest BCUT2D eigenvalue weighted by atomic mass is 10.1. The molecule has 1 N–H and O–H groups in total. The molecule has 5 nitrogen and oxygen atoms in total. The molecule has 8 heteroatoms. The molecule has 0 aliphatic rings. The van der Waals surface area contributed by atoms with Crippen LogP contribution < -0.4 is 5.32 Å². The number of benzene rings is 1. The number of carbonyl (C=O) groups is 1. The molecule has 1 unspecified atom stereocenters. The number of aromatic nitrogens is 2. The molecule has 1 atom stereocenters. The fourth-order valence-corrected chi connectivity index (χ4v) is 3.00. The molecular formula is C20H20F3N3O2. The number of nitrogens with one attached hydrogen (secondary N) is 1. The smallest absolute Gasteiger partial charge is 0.416 e. The van der Waals surface area contributed by atoms with Crippen molar-refractivity contribution in [3.05, 3.63) is 71.4 Å². The van der Waals surface area contributed by atoms with Crippen molar-refractivity contribution in [1.82, 2.24) is 15.1 Å². The number of hydrogen-bond acceptors (Lipinski definition) is 3. The fourth-order valence-electron chi connectivity index (χ4n) is 3.00. The van der Waals surface area contributed by atoms with Crippen LogP contribution in [0.4, 0.5) is 13.2 Å². The zero-order valence-corrected chi connectivity index (χ0v) is 15.5. The zero-order chi connectivity index (χ0) is 20.3. The lowest BCUT2D eigenvalue weighted by Gasteiger charge is -2.14. The van der Waals surface area contributed by atoms with E-state index in [1.165, 1.54) is 10.7 Å². The van der Waals surface area contributed by atoms with Crippen molar-refractivity contribution in [3.8, 4) is 5.69 Å². The minimum Gasteiger partial charge on any atom is -0.469 e. The van der Waals surface area contributed by atoms with E-state index in [2.05, 4.69) is 10.4 Å². The maximum Gasteiger partial charge on any atom is 0.416 e. The second kappa shape index (κ2) is 7.92. The van der Waals surface area contributed by atoms with Gasteiger partial charge in [-0.2, -0.15) is 18.3 Å². The Balaban J connectivity index is 1.71. The number of nitrogens with zero attached hydrogens (tertiary/aromatic N) is 2. The number of amides is 1. The van der Waals surface area contributed by atoms with Crippen LogP contribution in [0.1, 0.15) is 42.0 Å². The summed E-state index contributed by atoms with van der Waals surface area (Å²) < 4.78 is 45.5. The van der Waals surface area contributed by atoms with Crippen molar-refractivity contribution < 1.29 is 22.4 Å². The van der Waals surface area contributed by atoms with Gasteiger partial charge in [0.25, 0.3) is 0 Å². The molecule has 3 aromatic rings. The number of carbonyl (C=O) groups excluding carboxylic acids is 1. The second-order valence-electron chi connectivity index (χ2n) is 6.51. The van der Waals surface area contributed by atoms with Crippen molar-refractivity contribution in [3.63, 3.8) is 0 Å². The summed E-state index contributed by atoms with van der Waals surface area (Å²) in [7, 11) is 0. The third-order valence-corrected chi connectivity index (χ3v) is 4.49. The Hall–Kier alpha value is -3.03. The summed E-state index contributed by atoms with van der Waals surface area (Å²) in [6, 6.07) is 8.22. The van der Waals surface area contributed by atoms with Crippen molar-refractivity contribution in [2.45, 2.75) is 38.9 Å². The molecule has 0 fully saturated rings. The molecule has 0 aliphatic heterocycles. The molecule has 3 rings (SSSR count). The third-order valence-electron chi connectivity index (χ3n) is 4.49. The van der Waals surface area contributed by atoms with Crippen LogP contribution in [-0.4, -0.2) is 15.7 Å². The third kappa shape index (κ3) is 4.44. The quantitative estimate of drug-likeness (QED) is 0.668. The molecule has 1 amide bonds. The van der Waals surface area contributed by atoms with Crippen LogP contribution in [0.2, 0.25) is 0 Å². The van der Waals surface area contributed by atoms with Crippen molar-refractivity contribution >= 4 is 5.91 Å². The van der Waals surface area contributed by atoms with E-state index in [4.69, 9.17) is 4.42 Å². The van der Waals surface area contributed by atoms with E-state index in [-0.39, 0.29) is 18.4 Å². The number of halogens is 3. The van der Waals surface area contributed by atoms with E-state index >= 15 is 0 Å². The first kappa shape index (κ1) is 19.7. The second-order valence-corrected chi connectivity index (χ2v) is 6.51. The highest BCUT2D eigenvalue weighted by atomic mass is 19.4. The maximum atomic E-state index is 13.0. The molecule has 0 spiro atoms. The van der Waals surface area contributed by atoms with Gasteiger partial charge >= 0.3 is 6.18 Å². The summed E-state index contributed by atoms with van der Waals surface area (Å²) in [6.07, 6.45) is -0.531. The number of aryl methyl sites for hydroxylation is 1. The standard InChI is InChI=1S/C20H20F3N3O2/c1-13(25-19(27)9-8-17-7-4-10-28-17)18-12-24-26(14(18)2)16-6-3-5-15(11-16)20(21,22)23/h3-7,10-13H,8-9H2,1-2H3,(H,25,27). The molecule has 2 aromatic heterocycles. The summed E-state index contributed by atoms with van der Waals surface area (Å²) in [5.41, 5.74) is 0.984. The first-order valence-corrected chi connectivity index (χ1v) is 8.79. The monoisotopic (exact) mass is 391 g/mol. The Morgan fingerprint density at radius 1 is 1.29 bits per heavy atom. The molecule has 2 heterocycles. The summed E-state index contributed by atoms with van der Waals surface area (Å²) in [5.74, 6) is 0.589. The molecule has 0 radical (unpaired) electrons. The van der Waals surface area contributed by atoms with Gasteiger partial charge in [0, 0.05) is 24.1 Å².